The van der Waals surface area contributed by atoms with Gasteiger partial charge in [-0.1, -0.05) is 18.2 Å². The fourth-order valence-electron chi connectivity index (χ4n) is 2.07. The van der Waals surface area contributed by atoms with Crippen molar-refractivity contribution in [2.45, 2.75) is 18.2 Å². The van der Waals surface area contributed by atoms with E-state index in [1.54, 1.807) is 0 Å². The number of aryl methyl sites for hydroxylation is 1. The topological polar surface area (TPSA) is 69.4 Å². The Morgan fingerprint density at radius 3 is 2.68 bits per heavy atom. The van der Waals surface area contributed by atoms with Crippen molar-refractivity contribution >= 4 is 26.0 Å². The molecule has 0 fully saturated rings. The maximum Gasteiger partial charge on any atom is 0.238 e. The molecule has 0 heterocycles. The van der Waals surface area contributed by atoms with Crippen molar-refractivity contribution < 1.29 is 21.7 Å². The standard InChI is InChI=1S/C15H15BrFNO3S/c1-9-4-3-5-13(22(18,19)20)11(9)8-10-6-7-12(21-2)15(17)14(10)16/h3-7H,8H2,1-2H3,(H2,18,19,20)/i1D3. The molecule has 0 aliphatic carbocycles. The zero-order valence-corrected chi connectivity index (χ0v) is 14.0. The van der Waals surface area contributed by atoms with E-state index in [2.05, 4.69) is 15.9 Å². The lowest BCUT2D eigenvalue weighted by Gasteiger charge is -2.13. The highest BCUT2D eigenvalue weighted by atomic mass is 79.9. The van der Waals surface area contributed by atoms with E-state index < -0.39 is 22.7 Å². The quantitative estimate of drug-likeness (QED) is 0.871. The minimum absolute atomic E-state index is 0.00593. The second-order valence-electron chi connectivity index (χ2n) is 4.56. The van der Waals surface area contributed by atoms with Gasteiger partial charge >= 0.3 is 0 Å². The third-order valence-corrected chi connectivity index (χ3v) is 5.01. The molecule has 0 aliphatic rings. The zero-order valence-electron chi connectivity index (χ0n) is 14.6. The monoisotopic (exact) mass is 390 g/mol. The van der Waals surface area contributed by atoms with Crippen molar-refractivity contribution in [3.63, 3.8) is 0 Å². The first-order valence-electron chi connectivity index (χ1n) is 7.63. The van der Waals surface area contributed by atoms with Crippen molar-refractivity contribution in [2.75, 3.05) is 7.11 Å². The zero-order chi connectivity index (χ0) is 19.0. The second-order valence-corrected chi connectivity index (χ2v) is 6.88. The van der Waals surface area contributed by atoms with Crippen LogP contribution in [-0.2, 0) is 16.4 Å². The van der Waals surface area contributed by atoms with Gasteiger partial charge in [-0.2, -0.15) is 0 Å². The molecule has 0 bridgehead atoms. The highest BCUT2D eigenvalue weighted by Crippen LogP contribution is 2.31. The lowest BCUT2D eigenvalue weighted by Crippen LogP contribution is -2.15. The fourth-order valence-corrected chi connectivity index (χ4v) is 3.33. The van der Waals surface area contributed by atoms with Crippen LogP contribution < -0.4 is 9.88 Å². The van der Waals surface area contributed by atoms with Crippen LogP contribution in [0.3, 0.4) is 0 Å². The highest BCUT2D eigenvalue weighted by Gasteiger charge is 2.18. The van der Waals surface area contributed by atoms with Crippen molar-refractivity contribution in [1.82, 2.24) is 0 Å². The smallest absolute Gasteiger partial charge is 0.238 e. The van der Waals surface area contributed by atoms with Crippen LogP contribution in [0.5, 0.6) is 5.75 Å². The fraction of sp³-hybridized carbons (Fsp3) is 0.200. The van der Waals surface area contributed by atoms with Gasteiger partial charge in [0.15, 0.2) is 11.6 Å². The largest absolute Gasteiger partial charge is 0.494 e. The lowest BCUT2D eigenvalue weighted by atomic mass is 10.0. The summed E-state index contributed by atoms with van der Waals surface area (Å²) in [6.07, 6.45) is -0.137. The summed E-state index contributed by atoms with van der Waals surface area (Å²) in [5, 5.41) is 5.22. The Balaban J connectivity index is 2.69. The minimum Gasteiger partial charge on any atom is -0.494 e. The maximum atomic E-state index is 14.2. The van der Waals surface area contributed by atoms with Crippen LogP contribution in [0, 0.1) is 12.7 Å². The van der Waals surface area contributed by atoms with Gasteiger partial charge in [-0.3, -0.25) is 0 Å². The van der Waals surface area contributed by atoms with E-state index in [4.69, 9.17) is 14.0 Å². The van der Waals surface area contributed by atoms with Gasteiger partial charge in [0.05, 0.1) is 16.5 Å². The molecule has 0 amide bonds. The summed E-state index contributed by atoms with van der Waals surface area (Å²) in [5.41, 5.74) is 0.220. The van der Waals surface area contributed by atoms with E-state index in [1.165, 1.54) is 37.4 Å². The Bertz CT molecular complexity index is 917. The Labute approximate surface area is 141 Å². The van der Waals surface area contributed by atoms with Crippen LogP contribution in [0.25, 0.3) is 0 Å². The van der Waals surface area contributed by atoms with E-state index in [1.807, 2.05) is 0 Å². The van der Waals surface area contributed by atoms with Crippen LogP contribution >= 0.6 is 15.9 Å². The Hall–Kier alpha value is -1.44. The molecule has 7 heteroatoms. The predicted octanol–water partition coefficient (Wildman–Crippen LogP) is 3.14. The van der Waals surface area contributed by atoms with Gasteiger partial charge < -0.3 is 4.74 Å². The number of halogens is 2. The van der Waals surface area contributed by atoms with E-state index in [0.29, 0.717) is 5.56 Å². The van der Waals surface area contributed by atoms with Gasteiger partial charge in [-0.15, -0.1) is 0 Å². The molecule has 0 saturated carbocycles. The molecular formula is C15H15BrFNO3S. The molecule has 0 unspecified atom stereocenters. The summed E-state index contributed by atoms with van der Waals surface area (Å²) >= 11 is 3.10. The van der Waals surface area contributed by atoms with Gasteiger partial charge in [0.25, 0.3) is 0 Å². The van der Waals surface area contributed by atoms with Gasteiger partial charge in [-0.25, -0.2) is 17.9 Å². The molecule has 0 aliphatic heterocycles. The lowest BCUT2D eigenvalue weighted by molar-refractivity contribution is 0.385. The molecule has 118 valence electrons. The number of primary sulfonamides is 1. The van der Waals surface area contributed by atoms with Crippen LogP contribution in [0.15, 0.2) is 39.7 Å². The van der Waals surface area contributed by atoms with Gasteiger partial charge in [0.2, 0.25) is 10.0 Å². The molecule has 2 aromatic rings. The van der Waals surface area contributed by atoms with Gasteiger partial charge in [-0.05, 0) is 51.6 Å². The molecule has 0 radical (unpaired) electrons. The highest BCUT2D eigenvalue weighted by molar-refractivity contribution is 9.10. The first-order chi connectivity index (χ1) is 11.5. The third-order valence-electron chi connectivity index (χ3n) is 3.15. The summed E-state index contributed by atoms with van der Waals surface area (Å²) < 4.78 is 65.8. The number of sulfonamides is 1. The molecule has 0 aromatic heterocycles. The predicted molar refractivity (Wildman–Crippen MR) is 86.0 cm³/mol. The molecule has 4 nitrogen and oxygen atoms in total. The van der Waals surface area contributed by atoms with Crippen molar-refractivity contribution in [3.05, 3.63) is 57.3 Å². The van der Waals surface area contributed by atoms with Crippen molar-refractivity contribution in [2.24, 2.45) is 5.14 Å². The summed E-state index contributed by atoms with van der Waals surface area (Å²) in [4.78, 5) is -0.302. The van der Waals surface area contributed by atoms with E-state index in [0.717, 1.165) is 0 Å². The minimum atomic E-state index is -4.16. The third kappa shape index (κ3) is 3.31. The first-order valence-corrected chi connectivity index (χ1v) is 8.46. The maximum absolute atomic E-state index is 14.2. The molecule has 22 heavy (non-hydrogen) atoms. The van der Waals surface area contributed by atoms with Crippen LogP contribution in [0.1, 0.15) is 20.8 Å². The average molecular weight is 391 g/mol. The molecule has 2 N–H and O–H groups in total. The van der Waals surface area contributed by atoms with Crippen LogP contribution in [0.4, 0.5) is 4.39 Å². The van der Waals surface area contributed by atoms with E-state index in [9.17, 15) is 12.8 Å². The molecule has 2 rings (SSSR count). The average Bonchev–Trinajstić information content (AvgIpc) is 2.50. The summed E-state index contributed by atoms with van der Waals surface area (Å²) in [7, 11) is -2.84. The number of nitrogens with two attached hydrogens (primary N) is 1. The molecule has 2 aromatic carbocycles. The number of hydrogen-bond donors (Lipinski definition) is 1. The van der Waals surface area contributed by atoms with Crippen LogP contribution in [-0.4, -0.2) is 15.5 Å². The number of ether oxygens (including phenoxy) is 1. The SMILES string of the molecule is [2H]C([2H])([2H])c1cccc(S(N)(=O)=O)c1Cc1ccc(OC)c(F)c1Br. The number of methoxy groups -OCH3 is 1. The molecular weight excluding hydrogens is 373 g/mol. The van der Waals surface area contributed by atoms with Crippen molar-refractivity contribution in [3.8, 4) is 5.75 Å². The van der Waals surface area contributed by atoms with Gasteiger partial charge in [0, 0.05) is 10.5 Å². The summed E-state index contributed by atoms with van der Waals surface area (Å²) in [5.74, 6) is -0.657. The Morgan fingerprint density at radius 2 is 2.09 bits per heavy atom. The number of hydrogen-bond acceptors (Lipinski definition) is 3. The van der Waals surface area contributed by atoms with Crippen LogP contribution in [0.2, 0.25) is 0 Å². The van der Waals surface area contributed by atoms with E-state index >= 15 is 0 Å². The summed E-state index contributed by atoms with van der Waals surface area (Å²) in [6.45, 7) is -2.55. The Kier molecular flexibility index (Phi) is 3.77. The molecule has 0 saturated heterocycles. The number of rotatable bonds is 4. The molecule has 0 atom stereocenters. The van der Waals surface area contributed by atoms with Crippen molar-refractivity contribution in [1.29, 1.82) is 0 Å². The van der Waals surface area contributed by atoms with E-state index in [-0.39, 0.29) is 32.7 Å². The Morgan fingerprint density at radius 1 is 1.36 bits per heavy atom. The van der Waals surface area contributed by atoms with Gasteiger partial charge in [0.1, 0.15) is 0 Å². The summed E-state index contributed by atoms with van der Waals surface area (Å²) in [6, 6.07) is 6.76. The second kappa shape index (κ2) is 6.36. The normalized spacial score (nSPS) is 14.1. The molecule has 0 spiro atoms. The first kappa shape index (κ1) is 13.0. The number of benzene rings is 2.